The average molecular weight is 476 g/mol. The molecule has 0 aromatic heterocycles. The van der Waals surface area contributed by atoms with Gasteiger partial charge in [0.1, 0.15) is 17.7 Å². The maximum atomic E-state index is 14.0. The van der Waals surface area contributed by atoms with Gasteiger partial charge in [-0.15, -0.1) is 0 Å². The van der Waals surface area contributed by atoms with Crippen molar-refractivity contribution >= 4 is 17.9 Å². The van der Waals surface area contributed by atoms with E-state index in [9.17, 15) is 14.4 Å². The van der Waals surface area contributed by atoms with Crippen LogP contribution >= 0.6 is 0 Å². The molecule has 0 saturated heterocycles. The number of carbonyl (C=O) groups excluding carboxylic acids is 3. The Morgan fingerprint density at radius 3 is 1.91 bits per heavy atom. The molecule has 2 N–H and O–H groups in total. The molecule has 7 nitrogen and oxygen atoms in total. The number of carbonyl (C=O) groups is 3. The maximum absolute atomic E-state index is 14.0. The van der Waals surface area contributed by atoms with E-state index in [1.807, 2.05) is 79.7 Å². The number of ether oxygens (including phenoxy) is 1. The zero-order valence-electron chi connectivity index (χ0n) is 22.9. The average Bonchev–Trinajstić information content (AvgIpc) is 2.67. The number of benzene rings is 1. The van der Waals surface area contributed by atoms with Crippen LogP contribution < -0.4 is 10.6 Å². The lowest BCUT2D eigenvalue weighted by atomic mass is 9.95. The van der Waals surface area contributed by atoms with Crippen molar-refractivity contribution < 1.29 is 19.1 Å². The highest BCUT2D eigenvalue weighted by Crippen LogP contribution is 2.28. The molecule has 0 fully saturated rings. The first kappa shape index (κ1) is 29.5. The first-order valence-electron chi connectivity index (χ1n) is 12.2. The summed E-state index contributed by atoms with van der Waals surface area (Å²) in [6, 6.07) is 5.71. The van der Waals surface area contributed by atoms with Crippen molar-refractivity contribution in [2.24, 2.45) is 5.92 Å². The second-order valence-corrected chi connectivity index (χ2v) is 11.4. The van der Waals surface area contributed by atoms with E-state index in [-0.39, 0.29) is 23.8 Å². The number of nitrogens with zero attached hydrogens (tertiary/aromatic N) is 1. The predicted molar refractivity (Wildman–Crippen MR) is 136 cm³/mol. The largest absolute Gasteiger partial charge is 0.444 e. The Balaban J connectivity index is 3.52. The van der Waals surface area contributed by atoms with Gasteiger partial charge in [-0.05, 0) is 73.3 Å². The van der Waals surface area contributed by atoms with E-state index < -0.39 is 29.3 Å². The number of alkyl carbamates (subject to hydrolysis) is 1. The Hall–Kier alpha value is -2.57. The van der Waals surface area contributed by atoms with E-state index in [0.29, 0.717) is 6.42 Å². The summed E-state index contributed by atoms with van der Waals surface area (Å²) < 4.78 is 5.41. The van der Waals surface area contributed by atoms with Crippen molar-refractivity contribution in [1.82, 2.24) is 15.5 Å². The third-order valence-corrected chi connectivity index (χ3v) is 5.34. The van der Waals surface area contributed by atoms with E-state index in [1.54, 1.807) is 25.7 Å². The van der Waals surface area contributed by atoms with E-state index in [0.717, 1.165) is 11.1 Å². The molecule has 3 unspecified atom stereocenters. The van der Waals surface area contributed by atoms with Gasteiger partial charge in [-0.3, -0.25) is 9.59 Å². The van der Waals surface area contributed by atoms with Crippen molar-refractivity contribution in [3.63, 3.8) is 0 Å². The van der Waals surface area contributed by atoms with Crippen LogP contribution in [0, 0.1) is 12.8 Å². The molecule has 0 bridgehead atoms. The molecule has 3 atom stereocenters. The molecular formula is C27H45N3O4. The van der Waals surface area contributed by atoms with Crippen LogP contribution in [0.4, 0.5) is 4.79 Å². The molecule has 3 amide bonds. The van der Waals surface area contributed by atoms with Gasteiger partial charge in [0.05, 0.1) is 0 Å². The number of rotatable bonds is 8. The number of aryl methyl sites for hydroxylation is 1. The monoisotopic (exact) mass is 475 g/mol. The van der Waals surface area contributed by atoms with Gasteiger partial charge in [0.15, 0.2) is 0 Å². The van der Waals surface area contributed by atoms with Crippen LogP contribution in [-0.4, -0.2) is 46.0 Å². The fourth-order valence-corrected chi connectivity index (χ4v) is 3.53. The van der Waals surface area contributed by atoms with E-state index >= 15 is 0 Å². The molecule has 0 saturated carbocycles. The van der Waals surface area contributed by atoms with Gasteiger partial charge in [-0.2, -0.15) is 0 Å². The predicted octanol–water partition coefficient (Wildman–Crippen LogP) is 5.13. The first-order chi connectivity index (χ1) is 15.5. The van der Waals surface area contributed by atoms with E-state index in [1.165, 1.54) is 0 Å². The minimum Gasteiger partial charge on any atom is -0.444 e. The fourth-order valence-electron chi connectivity index (χ4n) is 3.53. The second-order valence-electron chi connectivity index (χ2n) is 11.4. The SMILES string of the molecule is CCC(C)N(C(=O)C(NC(=O)OC(C)(C)C)C(C)C)C(C(=O)NC(C)(C)C)c1ccc(C)cc1. The van der Waals surface area contributed by atoms with Crippen molar-refractivity contribution in [3.05, 3.63) is 35.4 Å². The summed E-state index contributed by atoms with van der Waals surface area (Å²) in [6.45, 7) is 20.7. The third-order valence-electron chi connectivity index (χ3n) is 5.34. The first-order valence-corrected chi connectivity index (χ1v) is 12.2. The lowest BCUT2D eigenvalue weighted by Gasteiger charge is -2.40. The van der Waals surface area contributed by atoms with Crippen LogP contribution in [0.15, 0.2) is 24.3 Å². The number of hydrogen-bond acceptors (Lipinski definition) is 4. The zero-order chi connectivity index (χ0) is 26.4. The van der Waals surface area contributed by atoms with Gasteiger partial charge >= 0.3 is 6.09 Å². The van der Waals surface area contributed by atoms with Crippen LogP contribution in [0.25, 0.3) is 0 Å². The van der Waals surface area contributed by atoms with Gasteiger partial charge in [-0.25, -0.2) is 4.79 Å². The summed E-state index contributed by atoms with van der Waals surface area (Å²) in [5.74, 6) is -0.787. The van der Waals surface area contributed by atoms with Crippen molar-refractivity contribution in [1.29, 1.82) is 0 Å². The Labute approximate surface area is 206 Å². The van der Waals surface area contributed by atoms with Gasteiger partial charge in [0.25, 0.3) is 0 Å². The summed E-state index contributed by atoms with van der Waals surface area (Å²) in [7, 11) is 0. The van der Waals surface area contributed by atoms with Crippen LogP contribution in [0.1, 0.15) is 92.8 Å². The van der Waals surface area contributed by atoms with Crippen LogP contribution in [0.3, 0.4) is 0 Å². The molecule has 7 heteroatoms. The van der Waals surface area contributed by atoms with Gasteiger partial charge < -0.3 is 20.3 Å². The molecule has 34 heavy (non-hydrogen) atoms. The number of amides is 3. The highest BCUT2D eigenvalue weighted by Gasteiger charge is 2.40. The Kier molecular flexibility index (Phi) is 10.2. The smallest absolute Gasteiger partial charge is 0.408 e. The van der Waals surface area contributed by atoms with E-state index in [2.05, 4.69) is 10.6 Å². The molecule has 0 aliphatic carbocycles. The normalized spacial score (nSPS) is 14.7. The summed E-state index contributed by atoms with van der Waals surface area (Å²) in [4.78, 5) is 41.8. The summed E-state index contributed by atoms with van der Waals surface area (Å²) in [6.07, 6.45) is -0.0107. The topological polar surface area (TPSA) is 87.7 Å². The third kappa shape index (κ3) is 8.99. The van der Waals surface area contributed by atoms with Crippen LogP contribution in [0.5, 0.6) is 0 Å². The maximum Gasteiger partial charge on any atom is 0.408 e. The Morgan fingerprint density at radius 2 is 1.50 bits per heavy atom. The van der Waals surface area contributed by atoms with Gasteiger partial charge in [0, 0.05) is 11.6 Å². The molecule has 0 aliphatic heterocycles. The molecule has 1 aromatic rings. The molecule has 0 aliphatic rings. The fraction of sp³-hybridized carbons (Fsp3) is 0.667. The second kappa shape index (κ2) is 11.7. The Morgan fingerprint density at radius 1 is 0.971 bits per heavy atom. The highest BCUT2D eigenvalue weighted by atomic mass is 16.6. The summed E-state index contributed by atoms with van der Waals surface area (Å²) in [5.41, 5.74) is 0.617. The summed E-state index contributed by atoms with van der Waals surface area (Å²) >= 11 is 0. The molecule has 0 spiro atoms. The molecule has 0 heterocycles. The quantitative estimate of drug-likeness (QED) is 0.546. The lowest BCUT2D eigenvalue weighted by Crippen LogP contribution is -2.58. The van der Waals surface area contributed by atoms with Gasteiger partial charge in [-0.1, -0.05) is 50.6 Å². The van der Waals surface area contributed by atoms with Crippen LogP contribution in [-0.2, 0) is 14.3 Å². The van der Waals surface area contributed by atoms with Crippen molar-refractivity contribution in [2.75, 3.05) is 0 Å². The van der Waals surface area contributed by atoms with Crippen molar-refractivity contribution in [3.8, 4) is 0 Å². The molecule has 0 radical (unpaired) electrons. The minimum atomic E-state index is -0.848. The highest BCUT2D eigenvalue weighted by molar-refractivity contribution is 5.92. The standard InChI is InChI=1S/C27H45N3O4/c1-12-19(5)30(24(32)21(17(2)3)28-25(33)34-27(9,10)11)22(23(31)29-26(6,7)8)20-15-13-18(4)14-16-20/h13-17,19,21-22H,12H2,1-11H3,(H,28,33)(H,29,31). The lowest BCUT2D eigenvalue weighted by molar-refractivity contribution is -0.146. The molecule has 192 valence electrons. The summed E-state index contributed by atoms with van der Waals surface area (Å²) in [5, 5.41) is 5.79. The van der Waals surface area contributed by atoms with Crippen molar-refractivity contribution in [2.45, 2.75) is 112 Å². The zero-order valence-corrected chi connectivity index (χ0v) is 22.9. The Bertz CT molecular complexity index is 835. The van der Waals surface area contributed by atoms with E-state index in [4.69, 9.17) is 4.74 Å². The number of nitrogens with one attached hydrogen (secondary N) is 2. The molecule has 1 rings (SSSR count). The minimum absolute atomic E-state index is 0.212. The number of hydrogen-bond donors (Lipinski definition) is 2. The van der Waals surface area contributed by atoms with Gasteiger partial charge in [0.2, 0.25) is 11.8 Å². The molecular weight excluding hydrogens is 430 g/mol. The molecule has 1 aromatic carbocycles. The van der Waals surface area contributed by atoms with Crippen LogP contribution in [0.2, 0.25) is 0 Å².